The van der Waals surface area contributed by atoms with E-state index in [0.717, 1.165) is 19.4 Å². The molecule has 0 aliphatic carbocycles. The molecule has 0 aromatic carbocycles. The summed E-state index contributed by atoms with van der Waals surface area (Å²) >= 11 is 1.71. The van der Waals surface area contributed by atoms with Crippen molar-refractivity contribution in [1.29, 1.82) is 0 Å². The van der Waals surface area contributed by atoms with Crippen molar-refractivity contribution >= 4 is 23.2 Å². The molecule has 26 heavy (non-hydrogen) atoms. The Balaban J connectivity index is 1.60. The average Bonchev–Trinajstić information content (AvgIpc) is 3.33. The number of hydrogen-bond donors (Lipinski definition) is 0. The number of likely N-dealkylation sites (tertiary alicyclic amines) is 1. The summed E-state index contributed by atoms with van der Waals surface area (Å²) in [5.41, 5.74) is 0.430. The first kappa shape index (κ1) is 18.7. The van der Waals surface area contributed by atoms with Crippen molar-refractivity contribution in [3.05, 3.63) is 45.5 Å². The standard InChI is InChI=1S/C19H24N2O4S/c1-13-15(19(23)24-3)10-14(25-13)11-20(2)12-18(22)21-8-4-6-16(21)17-7-5-9-26-17/h5,7,9-10,16H,4,6,8,11-12H2,1-3H3. The maximum absolute atomic E-state index is 12.8. The molecule has 7 heteroatoms. The van der Waals surface area contributed by atoms with Gasteiger partial charge in [-0.3, -0.25) is 9.69 Å². The van der Waals surface area contributed by atoms with Crippen LogP contribution in [0.15, 0.2) is 28.0 Å². The topological polar surface area (TPSA) is 63.0 Å². The molecule has 140 valence electrons. The third-order valence-electron chi connectivity index (χ3n) is 4.65. The molecule has 3 rings (SSSR count). The lowest BCUT2D eigenvalue weighted by Gasteiger charge is -2.26. The van der Waals surface area contributed by atoms with Crippen LogP contribution in [0.2, 0.25) is 0 Å². The molecule has 1 unspecified atom stereocenters. The second kappa shape index (κ2) is 8.05. The quantitative estimate of drug-likeness (QED) is 0.725. The van der Waals surface area contributed by atoms with Crippen LogP contribution in [-0.2, 0) is 16.1 Å². The van der Waals surface area contributed by atoms with Crippen LogP contribution in [0.5, 0.6) is 0 Å². The van der Waals surface area contributed by atoms with E-state index in [0.29, 0.717) is 30.2 Å². The van der Waals surface area contributed by atoms with Gasteiger partial charge in [0.15, 0.2) is 0 Å². The molecule has 1 saturated heterocycles. The number of aryl methyl sites for hydroxylation is 1. The molecule has 2 aromatic rings. The van der Waals surface area contributed by atoms with Gasteiger partial charge in [0.1, 0.15) is 17.1 Å². The number of methoxy groups -OCH3 is 1. The molecule has 0 N–H and O–H groups in total. The van der Waals surface area contributed by atoms with Crippen molar-refractivity contribution in [2.45, 2.75) is 32.4 Å². The highest BCUT2D eigenvalue weighted by molar-refractivity contribution is 7.10. The SMILES string of the molecule is COC(=O)c1cc(CN(C)CC(=O)N2CCCC2c2cccs2)oc1C. The third-order valence-corrected chi connectivity index (χ3v) is 5.62. The van der Waals surface area contributed by atoms with Crippen molar-refractivity contribution in [2.24, 2.45) is 0 Å². The molecule has 1 fully saturated rings. The molecule has 0 bridgehead atoms. The molecule has 1 aliphatic heterocycles. The maximum atomic E-state index is 12.8. The molecule has 0 spiro atoms. The van der Waals surface area contributed by atoms with E-state index in [2.05, 4.69) is 11.4 Å². The second-order valence-corrected chi connectivity index (χ2v) is 7.59. The number of carbonyl (C=O) groups excluding carboxylic acids is 2. The highest BCUT2D eigenvalue weighted by atomic mass is 32.1. The Morgan fingerprint density at radius 3 is 2.96 bits per heavy atom. The van der Waals surface area contributed by atoms with E-state index in [1.165, 1.54) is 12.0 Å². The zero-order chi connectivity index (χ0) is 18.7. The summed E-state index contributed by atoms with van der Waals surface area (Å²) < 4.78 is 10.4. The largest absolute Gasteiger partial charge is 0.465 e. The van der Waals surface area contributed by atoms with Crippen molar-refractivity contribution in [3.8, 4) is 0 Å². The lowest BCUT2D eigenvalue weighted by atomic mass is 10.2. The van der Waals surface area contributed by atoms with Gasteiger partial charge in [-0.25, -0.2) is 4.79 Å². The first-order valence-corrected chi connectivity index (χ1v) is 9.56. The van der Waals surface area contributed by atoms with Crippen LogP contribution in [0.4, 0.5) is 0 Å². The monoisotopic (exact) mass is 376 g/mol. The van der Waals surface area contributed by atoms with Gasteiger partial charge >= 0.3 is 5.97 Å². The molecule has 2 aromatic heterocycles. The lowest BCUT2D eigenvalue weighted by molar-refractivity contribution is -0.133. The summed E-state index contributed by atoms with van der Waals surface area (Å²) in [6.45, 7) is 3.31. The average molecular weight is 376 g/mol. The smallest absolute Gasteiger partial charge is 0.341 e. The van der Waals surface area contributed by atoms with E-state index >= 15 is 0 Å². The molecule has 0 radical (unpaired) electrons. The van der Waals surface area contributed by atoms with E-state index in [1.54, 1.807) is 24.3 Å². The molecular weight excluding hydrogens is 352 g/mol. The molecule has 0 saturated carbocycles. The van der Waals surface area contributed by atoms with E-state index in [9.17, 15) is 9.59 Å². The fourth-order valence-electron chi connectivity index (χ4n) is 3.42. The highest BCUT2D eigenvalue weighted by Gasteiger charge is 2.31. The zero-order valence-electron chi connectivity index (χ0n) is 15.4. The first-order valence-electron chi connectivity index (χ1n) is 8.68. The first-order chi connectivity index (χ1) is 12.5. The predicted molar refractivity (Wildman–Crippen MR) is 99.1 cm³/mol. The van der Waals surface area contributed by atoms with E-state index < -0.39 is 5.97 Å². The van der Waals surface area contributed by atoms with Gasteiger partial charge in [0.25, 0.3) is 0 Å². The van der Waals surface area contributed by atoms with Crippen LogP contribution in [0.25, 0.3) is 0 Å². The fraction of sp³-hybridized carbons (Fsp3) is 0.474. The second-order valence-electron chi connectivity index (χ2n) is 6.61. The predicted octanol–water partition coefficient (Wildman–Crippen LogP) is 3.23. The van der Waals surface area contributed by atoms with Crippen LogP contribution >= 0.6 is 11.3 Å². The molecule has 1 aliphatic rings. The number of likely N-dealkylation sites (N-methyl/N-ethyl adjacent to an activating group) is 1. The van der Waals surface area contributed by atoms with E-state index in [4.69, 9.17) is 9.15 Å². The summed E-state index contributed by atoms with van der Waals surface area (Å²) in [6, 6.07) is 6.02. The number of furan rings is 1. The van der Waals surface area contributed by atoms with Crippen molar-refractivity contribution in [3.63, 3.8) is 0 Å². The Kier molecular flexibility index (Phi) is 5.78. The van der Waals surface area contributed by atoms with Gasteiger partial charge in [0, 0.05) is 11.4 Å². The molecule has 3 heterocycles. The summed E-state index contributed by atoms with van der Waals surface area (Å²) in [7, 11) is 3.23. The van der Waals surface area contributed by atoms with E-state index in [1.807, 2.05) is 22.9 Å². The summed E-state index contributed by atoms with van der Waals surface area (Å²) in [5, 5.41) is 2.06. The number of hydrogen-bond acceptors (Lipinski definition) is 6. The van der Waals surface area contributed by atoms with Crippen LogP contribution in [0, 0.1) is 6.92 Å². The molecule has 1 amide bonds. The van der Waals surface area contributed by atoms with Gasteiger partial charge in [-0.1, -0.05) is 6.07 Å². The fourth-order valence-corrected chi connectivity index (χ4v) is 4.29. The van der Waals surface area contributed by atoms with Crippen LogP contribution in [0.3, 0.4) is 0 Å². The molecule has 6 nitrogen and oxygen atoms in total. The number of carbonyl (C=O) groups is 2. The number of rotatable bonds is 6. The maximum Gasteiger partial charge on any atom is 0.341 e. The number of amides is 1. The number of esters is 1. The zero-order valence-corrected chi connectivity index (χ0v) is 16.2. The third kappa shape index (κ3) is 3.99. The summed E-state index contributed by atoms with van der Waals surface area (Å²) in [4.78, 5) is 29.6. The van der Waals surface area contributed by atoms with Gasteiger partial charge in [0.05, 0.1) is 26.2 Å². The minimum absolute atomic E-state index is 0.125. The van der Waals surface area contributed by atoms with Gasteiger partial charge in [-0.15, -0.1) is 11.3 Å². The Morgan fingerprint density at radius 1 is 1.46 bits per heavy atom. The van der Waals surface area contributed by atoms with Crippen molar-refractivity contribution in [2.75, 3.05) is 27.2 Å². The molecule has 1 atom stereocenters. The van der Waals surface area contributed by atoms with Gasteiger partial charge in [0.2, 0.25) is 5.91 Å². The van der Waals surface area contributed by atoms with Gasteiger partial charge in [-0.05, 0) is 44.3 Å². The van der Waals surface area contributed by atoms with E-state index in [-0.39, 0.29) is 11.9 Å². The van der Waals surface area contributed by atoms with Gasteiger partial charge in [-0.2, -0.15) is 0 Å². The Hall–Kier alpha value is -2.12. The summed E-state index contributed by atoms with van der Waals surface area (Å²) in [5.74, 6) is 0.894. The minimum atomic E-state index is -0.410. The Bertz CT molecular complexity index is 769. The Labute approximate surface area is 157 Å². The van der Waals surface area contributed by atoms with Crippen LogP contribution in [0.1, 0.15) is 45.6 Å². The Morgan fingerprint density at radius 2 is 2.27 bits per heavy atom. The van der Waals surface area contributed by atoms with Crippen LogP contribution < -0.4 is 0 Å². The lowest BCUT2D eigenvalue weighted by Crippen LogP contribution is -2.38. The highest BCUT2D eigenvalue weighted by Crippen LogP contribution is 2.34. The van der Waals surface area contributed by atoms with Crippen molar-refractivity contribution < 1.29 is 18.7 Å². The molecular formula is C19H24N2O4S. The number of ether oxygens (including phenoxy) is 1. The van der Waals surface area contributed by atoms with Crippen LogP contribution in [-0.4, -0.2) is 48.9 Å². The minimum Gasteiger partial charge on any atom is -0.465 e. The summed E-state index contributed by atoms with van der Waals surface area (Å²) in [6.07, 6.45) is 2.06. The number of nitrogens with zero attached hydrogens (tertiary/aromatic N) is 2. The number of thiophene rings is 1. The van der Waals surface area contributed by atoms with Crippen molar-refractivity contribution in [1.82, 2.24) is 9.80 Å². The normalized spacial score (nSPS) is 17.1. The van der Waals surface area contributed by atoms with Gasteiger partial charge < -0.3 is 14.1 Å².